The Labute approximate surface area is 188 Å². The van der Waals surface area contributed by atoms with Gasteiger partial charge in [0.25, 0.3) is 0 Å². The number of halogens is 1. The standard InChI is InChI=1S/C24H22FNO5S/c25-15-1-3-16(4-2-15)32-11-21(28)31-24-18(27)7-13-5-6-26-10-14-8-19-20(30-12-29-19)9-17(14)22(24)23(13)26/h1-4,7-9,18,22-24,27H,5-6,10-12H2. The Morgan fingerprint density at radius 2 is 2.00 bits per heavy atom. The number of benzene rings is 2. The lowest BCUT2D eigenvalue weighted by Crippen LogP contribution is -2.51. The van der Waals surface area contributed by atoms with Crippen LogP contribution in [0.15, 0.2) is 52.9 Å². The maximum Gasteiger partial charge on any atom is 0.316 e. The molecule has 0 aromatic heterocycles. The average molecular weight is 456 g/mol. The van der Waals surface area contributed by atoms with Gasteiger partial charge in [-0.05, 0) is 53.9 Å². The van der Waals surface area contributed by atoms with Crippen LogP contribution < -0.4 is 9.47 Å². The van der Waals surface area contributed by atoms with E-state index in [0.717, 1.165) is 41.3 Å². The van der Waals surface area contributed by atoms with E-state index in [2.05, 4.69) is 4.90 Å². The molecule has 32 heavy (non-hydrogen) atoms. The zero-order chi connectivity index (χ0) is 21.8. The van der Waals surface area contributed by atoms with E-state index in [1.165, 1.54) is 29.5 Å². The molecule has 1 N–H and O–H groups in total. The second kappa shape index (κ2) is 7.79. The molecule has 4 atom stereocenters. The molecule has 3 heterocycles. The molecule has 3 aliphatic heterocycles. The van der Waals surface area contributed by atoms with Gasteiger partial charge >= 0.3 is 5.97 Å². The normalized spacial score (nSPS) is 27.5. The number of hydrogen-bond acceptors (Lipinski definition) is 7. The van der Waals surface area contributed by atoms with E-state index in [1.54, 1.807) is 12.1 Å². The topological polar surface area (TPSA) is 68.2 Å². The van der Waals surface area contributed by atoms with Crippen LogP contribution in [0.4, 0.5) is 4.39 Å². The summed E-state index contributed by atoms with van der Waals surface area (Å²) in [6.07, 6.45) is 1.21. The minimum atomic E-state index is -0.873. The summed E-state index contributed by atoms with van der Waals surface area (Å²) >= 11 is 1.29. The maximum absolute atomic E-state index is 13.1. The van der Waals surface area contributed by atoms with Gasteiger partial charge < -0.3 is 19.3 Å². The van der Waals surface area contributed by atoms with E-state index in [-0.39, 0.29) is 30.3 Å². The number of esters is 1. The predicted molar refractivity (Wildman–Crippen MR) is 115 cm³/mol. The zero-order valence-electron chi connectivity index (χ0n) is 17.2. The van der Waals surface area contributed by atoms with E-state index < -0.39 is 18.2 Å². The monoisotopic (exact) mass is 455 g/mol. The van der Waals surface area contributed by atoms with E-state index in [1.807, 2.05) is 18.2 Å². The van der Waals surface area contributed by atoms with E-state index >= 15 is 0 Å². The number of carbonyl (C=O) groups excluding carboxylic acids is 1. The van der Waals surface area contributed by atoms with Gasteiger partial charge in [-0.25, -0.2) is 4.39 Å². The molecule has 1 fully saturated rings. The van der Waals surface area contributed by atoms with Crippen LogP contribution in [0.1, 0.15) is 23.5 Å². The minimum absolute atomic E-state index is 0.0839. The van der Waals surface area contributed by atoms with Crippen LogP contribution in [-0.2, 0) is 16.1 Å². The molecule has 4 aliphatic rings. The van der Waals surface area contributed by atoms with Gasteiger partial charge in [0.05, 0.1) is 5.75 Å². The Balaban J connectivity index is 1.28. The molecule has 6 nitrogen and oxygen atoms in total. The summed E-state index contributed by atoms with van der Waals surface area (Å²) in [4.78, 5) is 15.9. The Kier molecular flexibility index (Phi) is 4.89. The number of aliphatic hydroxyl groups is 1. The fourth-order valence-electron chi connectivity index (χ4n) is 5.33. The maximum atomic E-state index is 13.1. The van der Waals surface area contributed by atoms with Gasteiger partial charge in [-0.15, -0.1) is 11.8 Å². The molecule has 1 aliphatic carbocycles. The highest BCUT2D eigenvalue weighted by Gasteiger charge is 2.50. The number of rotatable bonds is 4. The highest BCUT2D eigenvalue weighted by molar-refractivity contribution is 8.00. The van der Waals surface area contributed by atoms with Gasteiger partial charge in [0, 0.05) is 29.9 Å². The summed E-state index contributed by atoms with van der Waals surface area (Å²) in [7, 11) is 0. The first-order valence-electron chi connectivity index (χ1n) is 10.7. The fraction of sp³-hybridized carbons (Fsp3) is 0.375. The zero-order valence-corrected chi connectivity index (χ0v) is 18.0. The number of nitrogens with zero attached hydrogens (tertiary/aromatic N) is 1. The van der Waals surface area contributed by atoms with Gasteiger partial charge in [0.15, 0.2) is 11.5 Å². The van der Waals surface area contributed by atoms with E-state index in [9.17, 15) is 14.3 Å². The van der Waals surface area contributed by atoms with Crippen LogP contribution in [0.2, 0.25) is 0 Å². The number of hydrogen-bond donors (Lipinski definition) is 1. The third-order valence-corrected chi connectivity index (χ3v) is 7.67. The number of ether oxygens (including phenoxy) is 3. The highest BCUT2D eigenvalue weighted by Crippen LogP contribution is 2.50. The summed E-state index contributed by atoms with van der Waals surface area (Å²) in [5.41, 5.74) is 3.37. The van der Waals surface area contributed by atoms with Crippen LogP contribution in [0.3, 0.4) is 0 Å². The first-order valence-corrected chi connectivity index (χ1v) is 11.7. The molecular weight excluding hydrogens is 433 g/mol. The molecule has 0 bridgehead atoms. The van der Waals surface area contributed by atoms with Crippen molar-refractivity contribution >= 4 is 17.7 Å². The summed E-state index contributed by atoms with van der Waals surface area (Å²) in [5, 5.41) is 10.9. The van der Waals surface area contributed by atoms with Crippen LogP contribution >= 0.6 is 11.8 Å². The largest absolute Gasteiger partial charge is 0.458 e. The van der Waals surface area contributed by atoms with Crippen molar-refractivity contribution in [3.63, 3.8) is 0 Å². The van der Waals surface area contributed by atoms with Gasteiger partial charge in [-0.2, -0.15) is 0 Å². The number of thioether (sulfide) groups is 1. The van der Waals surface area contributed by atoms with Gasteiger partial charge in [-0.1, -0.05) is 11.6 Å². The SMILES string of the molecule is O=C(CSc1ccc(F)cc1)OC1C(O)C=C2CCN3Cc4cc5c(cc4C1C23)OCO5. The lowest BCUT2D eigenvalue weighted by molar-refractivity contribution is -0.153. The molecule has 0 radical (unpaired) electrons. The molecule has 2 aromatic carbocycles. The molecule has 0 saturated carbocycles. The van der Waals surface area contributed by atoms with Crippen molar-refractivity contribution in [2.45, 2.75) is 42.0 Å². The average Bonchev–Trinajstić information content (AvgIpc) is 3.41. The molecule has 4 unspecified atom stereocenters. The molecule has 2 aromatic rings. The second-order valence-corrected chi connectivity index (χ2v) is 9.57. The van der Waals surface area contributed by atoms with Gasteiger partial charge in [0.1, 0.15) is 18.0 Å². The fourth-order valence-corrected chi connectivity index (χ4v) is 6.01. The Morgan fingerprint density at radius 1 is 1.22 bits per heavy atom. The molecule has 0 amide bonds. The van der Waals surface area contributed by atoms with Crippen molar-refractivity contribution in [2.24, 2.45) is 0 Å². The van der Waals surface area contributed by atoms with E-state index in [4.69, 9.17) is 14.2 Å². The first-order chi connectivity index (χ1) is 15.6. The minimum Gasteiger partial charge on any atom is -0.458 e. The smallest absolute Gasteiger partial charge is 0.316 e. The molecule has 6 rings (SSSR count). The Bertz CT molecular complexity index is 1100. The number of fused-ring (bicyclic) bond motifs is 3. The Morgan fingerprint density at radius 3 is 2.81 bits per heavy atom. The summed E-state index contributed by atoms with van der Waals surface area (Å²) in [5.74, 6) is 0.613. The third-order valence-electron chi connectivity index (χ3n) is 6.68. The van der Waals surface area contributed by atoms with Crippen molar-refractivity contribution in [2.75, 3.05) is 19.1 Å². The first kappa shape index (κ1) is 20.1. The van der Waals surface area contributed by atoms with Gasteiger partial charge in [0.2, 0.25) is 6.79 Å². The van der Waals surface area contributed by atoms with E-state index in [0.29, 0.717) is 5.75 Å². The van der Waals surface area contributed by atoms with Gasteiger partial charge in [-0.3, -0.25) is 9.69 Å². The predicted octanol–water partition coefficient (Wildman–Crippen LogP) is 3.23. The molecule has 166 valence electrons. The molecule has 0 spiro atoms. The van der Waals surface area contributed by atoms with Crippen LogP contribution in [0.25, 0.3) is 0 Å². The lowest BCUT2D eigenvalue weighted by Gasteiger charge is -2.45. The summed E-state index contributed by atoms with van der Waals surface area (Å²) in [6.45, 7) is 1.90. The van der Waals surface area contributed by atoms with Crippen LogP contribution in [0.5, 0.6) is 11.5 Å². The van der Waals surface area contributed by atoms with Crippen molar-refractivity contribution in [3.05, 3.63) is 65.0 Å². The molecular formula is C24H22FNO5S. The quantitative estimate of drug-likeness (QED) is 0.431. The number of aliphatic hydroxyl groups excluding tert-OH is 1. The van der Waals surface area contributed by atoms with Crippen molar-refractivity contribution in [1.82, 2.24) is 4.90 Å². The summed E-state index contributed by atoms with van der Waals surface area (Å²) in [6, 6.07) is 10.1. The molecule has 8 heteroatoms. The Hall–Kier alpha value is -2.55. The second-order valence-electron chi connectivity index (χ2n) is 8.52. The van der Waals surface area contributed by atoms with Crippen molar-refractivity contribution in [1.29, 1.82) is 0 Å². The number of carbonyl (C=O) groups is 1. The van der Waals surface area contributed by atoms with Crippen molar-refractivity contribution < 1.29 is 28.5 Å². The van der Waals surface area contributed by atoms with Crippen LogP contribution in [0, 0.1) is 5.82 Å². The lowest BCUT2D eigenvalue weighted by atomic mass is 9.73. The van der Waals surface area contributed by atoms with Crippen LogP contribution in [-0.4, -0.2) is 53.3 Å². The summed E-state index contributed by atoms with van der Waals surface area (Å²) < 4.78 is 30.2. The molecule has 1 saturated heterocycles. The highest BCUT2D eigenvalue weighted by atomic mass is 32.2. The third kappa shape index (κ3) is 3.37. The van der Waals surface area contributed by atoms with Crippen molar-refractivity contribution in [3.8, 4) is 11.5 Å².